The Balaban J connectivity index is 2.39. The average Bonchev–Trinajstić information content (AvgIpc) is 2.56. The molecule has 2 aromatic rings. The van der Waals surface area contributed by atoms with E-state index in [1.54, 1.807) is 0 Å². The van der Waals surface area contributed by atoms with Crippen molar-refractivity contribution in [2.75, 3.05) is 12.0 Å². The van der Waals surface area contributed by atoms with Gasteiger partial charge >= 0.3 is 0 Å². The lowest BCUT2D eigenvalue weighted by molar-refractivity contribution is 0.566. The van der Waals surface area contributed by atoms with Gasteiger partial charge in [-0.2, -0.15) is 0 Å². The smallest absolute Gasteiger partial charge is 0.185 e. The number of nitrogens with zero attached hydrogens (tertiary/aromatic N) is 1. The molecule has 1 atom stereocenters. The summed E-state index contributed by atoms with van der Waals surface area (Å²) in [6.45, 7) is 0. The molecule has 148 valence electrons. The van der Waals surface area contributed by atoms with E-state index < -0.39 is 24.9 Å². The lowest BCUT2D eigenvalue weighted by atomic mass is 10.1. The molecule has 0 fully saturated rings. The quantitative estimate of drug-likeness (QED) is 0.410. The van der Waals surface area contributed by atoms with Crippen LogP contribution in [0.4, 0.5) is 0 Å². The van der Waals surface area contributed by atoms with Crippen LogP contribution in [0.2, 0.25) is 15.2 Å². The van der Waals surface area contributed by atoms with Gasteiger partial charge in [0, 0.05) is 28.8 Å². The summed E-state index contributed by atoms with van der Waals surface area (Å²) < 4.78 is 49.0. The maximum absolute atomic E-state index is 13.2. The highest BCUT2D eigenvalue weighted by Gasteiger charge is 2.31. The molecule has 0 N–H and O–H groups in total. The molecule has 0 aliphatic carbocycles. The van der Waals surface area contributed by atoms with E-state index in [4.69, 9.17) is 34.8 Å². The van der Waals surface area contributed by atoms with Crippen LogP contribution in [-0.2, 0) is 19.7 Å². The van der Waals surface area contributed by atoms with Crippen LogP contribution in [0.5, 0.6) is 0 Å². The van der Waals surface area contributed by atoms with Crippen molar-refractivity contribution in [1.29, 1.82) is 0 Å². The van der Waals surface area contributed by atoms with E-state index in [-0.39, 0.29) is 27.2 Å². The number of sulfone groups is 2. The van der Waals surface area contributed by atoms with Crippen LogP contribution < -0.4 is 0 Å². The standard InChI is InChI=1S/C17H18Cl3NO4S2/c1-26(22,23)9-3-2-4-16(15-10-13(19)11-21-17(15)20)27(24,25)14-7-5-12(18)6-8-14/h5-8,10-11,16H,2-4,9H2,1H3. The summed E-state index contributed by atoms with van der Waals surface area (Å²) >= 11 is 18.0. The summed E-state index contributed by atoms with van der Waals surface area (Å²) in [7, 11) is -6.93. The van der Waals surface area contributed by atoms with Crippen molar-refractivity contribution in [2.45, 2.75) is 29.4 Å². The average molecular weight is 471 g/mol. The first kappa shape index (κ1) is 22.4. The Bertz CT molecular complexity index is 1010. The Morgan fingerprint density at radius 1 is 0.963 bits per heavy atom. The van der Waals surface area contributed by atoms with Gasteiger partial charge < -0.3 is 0 Å². The van der Waals surface area contributed by atoms with Crippen LogP contribution in [0, 0.1) is 0 Å². The van der Waals surface area contributed by atoms with E-state index in [1.165, 1.54) is 36.5 Å². The zero-order chi connectivity index (χ0) is 20.2. The number of aromatic nitrogens is 1. The summed E-state index contributed by atoms with van der Waals surface area (Å²) in [6.07, 6.45) is 3.39. The Morgan fingerprint density at radius 3 is 2.19 bits per heavy atom. The highest BCUT2D eigenvalue weighted by atomic mass is 35.5. The minimum atomic E-state index is -3.82. The molecule has 5 nitrogen and oxygen atoms in total. The largest absolute Gasteiger partial charge is 0.243 e. The van der Waals surface area contributed by atoms with Crippen molar-refractivity contribution < 1.29 is 16.8 Å². The van der Waals surface area contributed by atoms with Gasteiger partial charge in [-0.3, -0.25) is 0 Å². The Hall–Kier alpha value is -0.860. The number of halogens is 3. The van der Waals surface area contributed by atoms with Gasteiger partial charge in [0.1, 0.15) is 15.0 Å². The first-order valence-electron chi connectivity index (χ1n) is 7.99. The number of hydrogen-bond donors (Lipinski definition) is 0. The third-order valence-corrected chi connectivity index (χ3v) is 7.90. The van der Waals surface area contributed by atoms with Crippen molar-refractivity contribution in [3.05, 3.63) is 57.3 Å². The lowest BCUT2D eigenvalue weighted by Gasteiger charge is -2.19. The molecule has 1 aromatic carbocycles. The van der Waals surface area contributed by atoms with E-state index in [0.29, 0.717) is 23.4 Å². The van der Waals surface area contributed by atoms with Crippen LogP contribution in [0.3, 0.4) is 0 Å². The van der Waals surface area contributed by atoms with Crippen molar-refractivity contribution >= 4 is 54.5 Å². The maximum Gasteiger partial charge on any atom is 0.185 e. The Kier molecular flexibility index (Phi) is 7.55. The molecule has 1 heterocycles. The monoisotopic (exact) mass is 469 g/mol. The number of benzene rings is 1. The molecule has 0 aliphatic rings. The number of unbranched alkanes of at least 4 members (excludes halogenated alkanes) is 1. The second-order valence-electron chi connectivity index (χ2n) is 6.15. The second kappa shape index (κ2) is 9.09. The molecule has 0 amide bonds. The normalized spacial score (nSPS) is 13.5. The molecule has 0 saturated carbocycles. The Morgan fingerprint density at radius 2 is 1.59 bits per heavy atom. The van der Waals surface area contributed by atoms with Gasteiger partial charge in [-0.15, -0.1) is 0 Å². The molecule has 0 aliphatic heterocycles. The van der Waals surface area contributed by atoms with Gasteiger partial charge in [-0.05, 0) is 43.2 Å². The van der Waals surface area contributed by atoms with Gasteiger partial charge in [-0.25, -0.2) is 21.8 Å². The van der Waals surface area contributed by atoms with Gasteiger partial charge in [0.2, 0.25) is 0 Å². The number of pyridine rings is 1. The van der Waals surface area contributed by atoms with Crippen LogP contribution >= 0.6 is 34.8 Å². The highest BCUT2D eigenvalue weighted by molar-refractivity contribution is 7.91. The topological polar surface area (TPSA) is 81.2 Å². The molecule has 1 unspecified atom stereocenters. The van der Waals surface area contributed by atoms with Gasteiger partial charge in [0.25, 0.3) is 0 Å². The summed E-state index contributed by atoms with van der Waals surface area (Å²) in [6, 6.07) is 7.31. The van der Waals surface area contributed by atoms with Gasteiger partial charge in [-0.1, -0.05) is 41.2 Å². The molecule has 0 saturated heterocycles. The van der Waals surface area contributed by atoms with E-state index in [1.807, 2.05) is 0 Å². The number of rotatable bonds is 8. The summed E-state index contributed by atoms with van der Waals surface area (Å²) in [4.78, 5) is 4.03. The third kappa shape index (κ3) is 6.32. The molecule has 0 spiro atoms. The number of hydrogen-bond acceptors (Lipinski definition) is 5. The lowest BCUT2D eigenvalue weighted by Crippen LogP contribution is -2.15. The molecule has 0 bridgehead atoms. The molecule has 27 heavy (non-hydrogen) atoms. The second-order valence-corrected chi connectivity index (χ2v) is 11.8. The van der Waals surface area contributed by atoms with Crippen molar-refractivity contribution in [1.82, 2.24) is 4.98 Å². The van der Waals surface area contributed by atoms with E-state index >= 15 is 0 Å². The van der Waals surface area contributed by atoms with Gasteiger partial charge in [0.15, 0.2) is 9.84 Å². The summed E-state index contributed by atoms with van der Waals surface area (Å²) in [5, 5.41) is -0.273. The van der Waals surface area contributed by atoms with E-state index in [0.717, 1.165) is 6.26 Å². The fourth-order valence-electron chi connectivity index (χ4n) is 2.62. The zero-order valence-electron chi connectivity index (χ0n) is 14.4. The SMILES string of the molecule is CS(=O)(=O)CCCCC(c1cc(Cl)cnc1Cl)S(=O)(=O)c1ccc(Cl)cc1. The predicted molar refractivity (Wildman–Crippen MR) is 109 cm³/mol. The van der Waals surface area contributed by atoms with Crippen molar-refractivity contribution in [3.63, 3.8) is 0 Å². The van der Waals surface area contributed by atoms with Crippen LogP contribution in [0.15, 0.2) is 41.4 Å². The molecule has 2 rings (SSSR count). The zero-order valence-corrected chi connectivity index (χ0v) is 18.3. The van der Waals surface area contributed by atoms with Crippen molar-refractivity contribution in [3.8, 4) is 0 Å². The first-order chi connectivity index (χ1) is 12.5. The molecule has 1 aromatic heterocycles. The predicted octanol–water partition coefficient (Wildman–Crippen LogP) is 4.77. The minimum absolute atomic E-state index is 0.0117. The Labute approximate surface area is 174 Å². The maximum atomic E-state index is 13.2. The van der Waals surface area contributed by atoms with Crippen molar-refractivity contribution in [2.24, 2.45) is 0 Å². The fourth-order valence-corrected chi connectivity index (χ4v) is 5.78. The summed E-state index contributed by atoms with van der Waals surface area (Å²) in [5.41, 5.74) is 0.290. The van der Waals surface area contributed by atoms with Crippen LogP contribution in [-0.4, -0.2) is 33.8 Å². The first-order valence-corrected chi connectivity index (χ1v) is 12.7. The summed E-state index contributed by atoms with van der Waals surface area (Å²) in [5.74, 6) is -0.0117. The van der Waals surface area contributed by atoms with Crippen LogP contribution in [0.25, 0.3) is 0 Å². The third-order valence-electron chi connectivity index (χ3n) is 3.93. The van der Waals surface area contributed by atoms with Gasteiger partial charge in [0.05, 0.1) is 15.2 Å². The highest BCUT2D eigenvalue weighted by Crippen LogP contribution is 2.37. The fraction of sp³-hybridized carbons (Fsp3) is 0.353. The minimum Gasteiger partial charge on any atom is -0.243 e. The molecule has 0 radical (unpaired) electrons. The van der Waals surface area contributed by atoms with E-state index in [9.17, 15) is 16.8 Å². The molecule has 10 heteroatoms. The molecular weight excluding hydrogens is 453 g/mol. The molecular formula is C17H18Cl3NO4S2. The van der Waals surface area contributed by atoms with Crippen LogP contribution in [0.1, 0.15) is 30.1 Å². The van der Waals surface area contributed by atoms with E-state index in [2.05, 4.69) is 4.98 Å².